The monoisotopic (exact) mass is 345 g/mol. The van der Waals surface area contributed by atoms with Gasteiger partial charge in [-0.25, -0.2) is 13.1 Å². The zero-order chi connectivity index (χ0) is 16.6. The minimum absolute atomic E-state index is 0.0478. The quantitative estimate of drug-likeness (QED) is 0.925. The van der Waals surface area contributed by atoms with Crippen LogP contribution in [-0.4, -0.2) is 27.7 Å². The van der Waals surface area contributed by atoms with Crippen molar-refractivity contribution >= 4 is 10.0 Å². The number of ether oxygens (including phenoxy) is 2. The van der Waals surface area contributed by atoms with Crippen LogP contribution in [0.1, 0.15) is 24.3 Å². The summed E-state index contributed by atoms with van der Waals surface area (Å²) in [6.07, 6.45) is 1.61. The van der Waals surface area contributed by atoms with Crippen molar-refractivity contribution in [2.45, 2.75) is 29.7 Å². The van der Waals surface area contributed by atoms with Crippen LogP contribution in [0.25, 0.3) is 0 Å². The van der Waals surface area contributed by atoms with Gasteiger partial charge in [-0.15, -0.1) is 0 Å². The second-order valence-electron chi connectivity index (χ2n) is 6.14. The normalized spacial score (nSPS) is 22.7. The van der Waals surface area contributed by atoms with E-state index in [1.54, 1.807) is 18.2 Å². The van der Waals surface area contributed by atoms with Crippen molar-refractivity contribution in [1.29, 1.82) is 0 Å². The molecule has 2 aromatic rings. The highest BCUT2D eigenvalue weighted by atomic mass is 32.2. The summed E-state index contributed by atoms with van der Waals surface area (Å²) in [5, 5.41) is 0. The average molecular weight is 345 g/mol. The van der Waals surface area contributed by atoms with Crippen molar-refractivity contribution < 1.29 is 17.9 Å². The fourth-order valence-corrected chi connectivity index (χ4v) is 4.28. The molecular weight excluding hydrogens is 326 g/mol. The van der Waals surface area contributed by atoms with E-state index in [2.05, 4.69) is 4.72 Å². The molecule has 1 heterocycles. The smallest absolute Gasteiger partial charge is 0.240 e. The van der Waals surface area contributed by atoms with Gasteiger partial charge >= 0.3 is 0 Å². The summed E-state index contributed by atoms with van der Waals surface area (Å²) in [4.78, 5) is 0.213. The van der Waals surface area contributed by atoms with Gasteiger partial charge in [-0.2, -0.15) is 0 Å². The number of rotatable bonds is 4. The minimum Gasteiger partial charge on any atom is -0.490 e. The SMILES string of the molecule is O=S(=O)(N[C@@H]1C[C@@H]1c1ccccc1)c1ccc2c(c1)OCCCO2. The van der Waals surface area contributed by atoms with Gasteiger partial charge in [0.15, 0.2) is 11.5 Å². The molecule has 0 radical (unpaired) electrons. The molecule has 1 fully saturated rings. The molecule has 6 heteroatoms. The van der Waals surface area contributed by atoms with Gasteiger partial charge in [0.05, 0.1) is 18.1 Å². The summed E-state index contributed by atoms with van der Waals surface area (Å²) in [6.45, 7) is 1.11. The maximum absolute atomic E-state index is 12.6. The summed E-state index contributed by atoms with van der Waals surface area (Å²) >= 11 is 0. The zero-order valence-corrected chi connectivity index (χ0v) is 14.0. The van der Waals surface area contributed by atoms with Crippen LogP contribution in [0.4, 0.5) is 0 Å². The topological polar surface area (TPSA) is 64.6 Å². The van der Waals surface area contributed by atoms with Gasteiger partial charge in [-0.05, 0) is 24.1 Å². The highest BCUT2D eigenvalue weighted by molar-refractivity contribution is 7.89. The van der Waals surface area contributed by atoms with Crippen LogP contribution in [0, 0.1) is 0 Å². The Morgan fingerprint density at radius 3 is 2.50 bits per heavy atom. The van der Waals surface area contributed by atoms with E-state index in [9.17, 15) is 8.42 Å². The highest BCUT2D eigenvalue weighted by Gasteiger charge is 2.41. The molecule has 126 valence electrons. The first-order valence-electron chi connectivity index (χ1n) is 8.10. The molecule has 2 aliphatic rings. The molecule has 1 N–H and O–H groups in total. The molecule has 0 unspecified atom stereocenters. The van der Waals surface area contributed by atoms with E-state index in [1.807, 2.05) is 30.3 Å². The molecule has 4 rings (SSSR count). The Morgan fingerprint density at radius 2 is 1.71 bits per heavy atom. The van der Waals surface area contributed by atoms with Crippen LogP contribution < -0.4 is 14.2 Å². The van der Waals surface area contributed by atoms with Crippen LogP contribution in [0.15, 0.2) is 53.4 Å². The second kappa shape index (κ2) is 6.11. The molecule has 1 aliphatic heterocycles. The Labute approximate surface area is 141 Å². The van der Waals surface area contributed by atoms with Gasteiger partial charge in [0.1, 0.15) is 0 Å². The van der Waals surface area contributed by atoms with Crippen molar-refractivity contribution in [3.63, 3.8) is 0 Å². The van der Waals surface area contributed by atoms with E-state index in [1.165, 1.54) is 5.56 Å². The third-order valence-corrected chi connectivity index (χ3v) is 5.84. The summed E-state index contributed by atoms with van der Waals surface area (Å²) in [5.74, 6) is 1.34. The van der Waals surface area contributed by atoms with Gasteiger partial charge in [0.25, 0.3) is 0 Å². The molecule has 0 bridgehead atoms. The number of hydrogen-bond acceptors (Lipinski definition) is 4. The summed E-state index contributed by atoms with van der Waals surface area (Å²) < 4.78 is 39.2. The third kappa shape index (κ3) is 3.12. The van der Waals surface area contributed by atoms with Crippen LogP contribution in [-0.2, 0) is 10.0 Å². The van der Waals surface area contributed by atoms with Crippen LogP contribution in [0.5, 0.6) is 11.5 Å². The van der Waals surface area contributed by atoms with Gasteiger partial charge in [-0.1, -0.05) is 30.3 Å². The number of fused-ring (bicyclic) bond motifs is 1. The highest BCUT2D eigenvalue weighted by Crippen LogP contribution is 2.41. The van der Waals surface area contributed by atoms with E-state index in [0.717, 1.165) is 12.8 Å². The van der Waals surface area contributed by atoms with E-state index in [-0.39, 0.29) is 16.9 Å². The lowest BCUT2D eigenvalue weighted by molar-refractivity contribution is 0.297. The molecule has 0 spiro atoms. The number of hydrogen-bond donors (Lipinski definition) is 1. The van der Waals surface area contributed by atoms with Crippen LogP contribution in [0.2, 0.25) is 0 Å². The lowest BCUT2D eigenvalue weighted by atomic mass is 10.1. The number of benzene rings is 2. The molecule has 1 saturated carbocycles. The van der Waals surface area contributed by atoms with Gasteiger partial charge in [-0.3, -0.25) is 0 Å². The largest absolute Gasteiger partial charge is 0.490 e. The molecule has 0 aromatic heterocycles. The molecule has 0 saturated heterocycles. The van der Waals surface area contributed by atoms with E-state index < -0.39 is 10.0 Å². The fourth-order valence-electron chi connectivity index (χ4n) is 2.97. The predicted molar refractivity (Wildman–Crippen MR) is 90.0 cm³/mol. The first-order chi connectivity index (χ1) is 11.6. The molecule has 2 aromatic carbocycles. The molecule has 2 atom stereocenters. The molecular formula is C18H19NO4S. The van der Waals surface area contributed by atoms with Gasteiger partial charge in [0.2, 0.25) is 10.0 Å². The molecule has 5 nitrogen and oxygen atoms in total. The van der Waals surface area contributed by atoms with Crippen molar-refractivity contribution in [3.8, 4) is 11.5 Å². The van der Waals surface area contributed by atoms with Crippen molar-refractivity contribution in [3.05, 3.63) is 54.1 Å². The van der Waals surface area contributed by atoms with Crippen molar-refractivity contribution in [2.24, 2.45) is 0 Å². The lowest BCUT2D eigenvalue weighted by Crippen LogP contribution is -2.26. The Kier molecular flexibility index (Phi) is 3.94. The fraction of sp³-hybridized carbons (Fsp3) is 0.333. The lowest BCUT2D eigenvalue weighted by Gasteiger charge is -2.11. The first-order valence-corrected chi connectivity index (χ1v) is 9.59. The van der Waals surface area contributed by atoms with Crippen molar-refractivity contribution in [1.82, 2.24) is 4.72 Å². The molecule has 24 heavy (non-hydrogen) atoms. The van der Waals surface area contributed by atoms with E-state index in [0.29, 0.717) is 24.7 Å². The van der Waals surface area contributed by atoms with Crippen LogP contribution >= 0.6 is 0 Å². The third-order valence-electron chi connectivity index (χ3n) is 4.35. The number of sulfonamides is 1. The maximum Gasteiger partial charge on any atom is 0.240 e. The summed E-state index contributed by atoms with van der Waals surface area (Å²) in [5.41, 5.74) is 1.17. The van der Waals surface area contributed by atoms with Gasteiger partial charge in [0, 0.05) is 24.4 Å². The Bertz CT molecular complexity index is 835. The summed E-state index contributed by atoms with van der Waals surface area (Å²) in [6, 6.07) is 14.7. The number of nitrogens with one attached hydrogen (secondary N) is 1. The van der Waals surface area contributed by atoms with E-state index in [4.69, 9.17) is 9.47 Å². The Morgan fingerprint density at radius 1 is 0.958 bits per heavy atom. The van der Waals surface area contributed by atoms with E-state index >= 15 is 0 Å². The Balaban J connectivity index is 1.51. The zero-order valence-electron chi connectivity index (χ0n) is 13.1. The second-order valence-corrected chi connectivity index (χ2v) is 7.85. The van der Waals surface area contributed by atoms with Gasteiger partial charge < -0.3 is 9.47 Å². The molecule has 0 amide bonds. The standard InChI is InChI=1S/C18H19NO4S/c20-24(21,19-16-12-15(16)13-5-2-1-3-6-13)14-7-8-17-18(11-14)23-10-4-9-22-17/h1-3,5-8,11,15-16,19H,4,9-10,12H2/t15-,16-/m1/s1. The Hall–Kier alpha value is -2.05. The van der Waals surface area contributed by atoms with Crippen LogP contribution in [0.3, 0.4) is 0 Å². The summed E-state index contributed by atoms with van der Waals surface area (Å²) in [7, 11) is -3.57. The predicted octanol–water partition coefficient (Wildman–Crippen LogP) is 2.68. The first kappa shape index (κ1) is 15.5. The molecule has 1 aliphatic carbocycles. The average Bonchev–Trinajstić information content (AvgIpc) is 3.37. The minimum atomic E-state index is -3.57. The van der Waals surface area contributed by atoms with Crippen molar-refractivity contribution in [2.75, 3.05) is 13.2 Å². The maximum atomic E-state index is 12.6.